The molecule has 0 spiro atoms. The molecule has 0 bridgehead atoms. The Labute approximate surface area is 426 Å². The van der Waals surface area contributed by atoms with Gasteiger partial charge < -0.3 is 52.2 Å². The minimum absolute atomic E-state index is 0.0172. The van der Waals surface area contributed by atoms with Gasteiger partial charge in [0.05, 0.1) is 53.2 Å². The lowest BCUT2D eigenvalue weighted by atomic mass is 9.96. The van der Waals surface area contributed by atoms with Gasteiger partial charge in [-0.2, -0.15) is 0 Å². The number of hydrogen-bond acceptors (Lipinski definition) is 13. The predicted octanol–water partition coefficient (Wildman–Crippen LogP) is 10.3. The van der Waals surface area contributed by atoms with Gasteiger partial charge in [-0.3, -0.25) is 4.79 Å². The number of benzene rings is 6. The molecule has 15 heteroatoms. The molecule has 1 aliphatic heterocycles. The van der Waals surface area contributed by atoms with Crippen molar-refractivity contribution in [2.45, 2.75) is 102 Å². The molecule has 1 fully saturated rings. The van der Waals surface area contributed by atoms with Crippen molar-refractivity contribution in [2.75, 3.05) is 26.9 Å². The van der Waals surface area contributed by atoms with E-state index in [-0.39, 0.29) is 71.5 Å². The maximum absolute atomic E-state index is 13.2. The fourth-order valence-electron chi connectivity index (χ4n) is 8.11. The number of esters is 1. The molecule has 0 amide bonds. The number of azide groups is 1. The van der Waals surface area contributed by atoms with Crippen molar-refractivity contribution >= 4 is 11.8 Å². The van der Waals surface area contributed by atoms with Gasteiger partial charge >= 0.3 is 5.97 Å². The predicted molar refractivity (Wildman–Crippen MR) is 272 cm³/mol. The van der Waals surface area contributed by atoms with Crippen LogP contribution in [-0.4, -0.2) is 87.6 Å². The topological polar surface area (TPSA) is 175 Å². The summed E-state index contributed by atoms with van der Waals surface area (Å²) in [5.74, 6) is 0.376. The van der Waals surface area contributed by atoms with E-state index >= 15 is 0 Å². The SMILES string of the molecule is COc1ccc(OCC(O[C@H]2O[C@H](COCc3ccccc3)[C@@H](OCc3ccccc3)[C@H](OCc3ccccc3)[C@H]2N=[N+]=[N-])C(OCc2ccccc2)C(COC(=O)CCC(C)=O)OCc2ccccc2)cc1. The highest BCUT2D eigenvalue weighted by molar-refractivity contribution is 5.81. The molecular formula is C58H63N3O12. The molecule has 7 rings (SSSR count). The Morgan fingerprint density at radius 1 is 0.589 bits per heavy atom. The molecule has 0 aromatic heterocycles. The van der Waals surface area contributed by atoms with Gasteiger partial charge in [-0.1, -0.05) is 157 Å². The molecular weight excluding hydrogens is 931 g/mol. The number of Topliss-reactive ketones (excluding diaryl/α,β-unsaturated/α-hetero) is 1. The summed E-state index contributed by atoms with van der Waals surface area (Å²) in [7, 11) is 1.58. The second kappa shape index (κ2) is 29.6. The molecule has 15 nitrogen and oxygen atoms in total. The fourth-order valence-corrected chi connectivity index (χ4v) is 8.11. The summed E-state index contributed by atoms with van der Waals surface area (Å²) < 4.78 is 65.5. The van der Waals surface area contributed by atoms with Crippen LogP contribution in [0.25, 0.3) is 10.4 Å². The minimum Gasteiger partial charge on any atom is -0.497 e. The van der Waals surface area contributed by atoms with Crippen LogP contribution in [0.3, 0.4) is 0 Å². The van der Waals surface area contributed by atoms with Gasteiger partial charge in [-0.15, -0.1) is 0 Å². The van der Waals surface area contributed by atoms with Crippen LogP contribution in [0.2, 0.25) is 0 Å². The monoisotopic (exact) mass is 993 g/mol. The van der Waals surface area contributed by atoms with Crippen molar-refractivity contribution < 1.29 is 57.0 Å². The average Bonchev–Trinajstić information content (AvgIpc) is 3.43. The molecule has 0 radical (unpaired) electrons. The first kappa shape index (κ1) is 53.9. The van der Waals surface area contributed by atoms with E-state index in [4.69, 9.17) is 47.4 Å². The van der Waals surface area contributed by atoms with Gasteiger partial charge in [0.2, 0.25) is 0 Å². The van der Waals surface area contributed by atoms with Crippen LogP contribution >= 0.6 is 0 Å². The molecule has 6 aromatic carbocycles. The van der Waals surface area contributed by atoms with Crippen molar-refractivity contribution in [1.82, 2.24) is 0 Å². The molecule has 73 heavy (non-hydrogen) atoms. The van der Waals surface area contributed by atoms with E-state index in [2.05, 4.69) is 10.0 Å². The van der Waals surface area contributed by atoms with Crippen LogP contribution in [0.4, 0.5) is 0 Å². The molecule has 0 N–H and O–H groups in total. The Bertz CT molecular complexity index is 2560. The second-order valence-corrected chi connectivity index (χ2v) is 17.4. The average molecular weight is 994 g/mol. The van der Waals surface area contributed by atoms with Crippen LogP contribution in [0.5, 0.6) is 11.5 Å². The number of ether oxygens (including phenoxy) is 10. The first-order chi connectivity index (χ1) is 35.8. The summed E-state index contributed by atoms with van der Waals surface area (Å²) in [5, 5.41) is 4.35. The normalized spacial score (nSPS) is 18.6. The van der Waals surface area contributed by atoms with E-state index in [9.17, 15) is 15.1 Å². The maximum Gasteiger partial charge on any atom is 0.306 e. The summed E-state index contributed by atoms with van der Waals surface area (Å²) in [4.78, 5) is 28.5. The second-order valence-electron chi connectivity index (χ2n) is 17.4. The summed E-state index contributed by atoms with van der Waals surface area (Å²) in [5.41, 5.74) is 14.8. The van der Waals surface area contributed by atoms with Gasteiger partial charge in [0.1, 0.15) is 73.2 Å². The van der Waals surface area contributed by atoms with Gasteiger partial charge in [-0.05, 0) is 64.5 Å². The molecule has 382 valence electrons. The van der Waals surface area contributed by atoms with E-state index in [1.807, 2.05) is 152 Å². The highest BCUT2D eigenvalue weighted by Gasteiger charge is 2.50. The number of rotatable bonds is 30. The minimum atomic E-state index is -1.33. The Morgan fingerprint density at radius 2 is 1.08 bits per heavy atom. The number of hydrogen-bond donors (Lipinski definition) is 0. The van der Waals surface area contributed by atoms with Gasteiger partial charge in [0.15, 0.2) is 6.29 Å². The van der Waals surface area contributed by atoms with E-state index in [0.717, 1.165) is 27.8 Å². The standard InChI is InChI=1S/C58H63N3O12/c1-42(62)28-33-53(63)68-40-50(67-35-44-20-10-4-11-21-44)55(69-36-45-22-12-5-13-23-45)52(41-66-49-31-29-48(64-2)30-32-49)73-58-54(60-61-59)57(71-38-47-26-16-7-17-27-47)56(70-37-46-24-14-6-15-25-46)51(72-58)39-65-34-43-18-8-3-9-19-43/h3-27,29-32,50-52,54-58H,28,33-41H2,1-2H3/t50?,51-,52?,54-,55?,56-,57-,58-/m1/s1. The summed E-state index contributed by atoms with van der Waals surface area (Å²) in [6.07, 6.45) is -7.26. The van der Waals surface area contributed by atoms with Crippen molar-refractivity contribution in [1.29, 1.82) is 0 Å². The van der Waals surface area contributed by atoms with Gasteiger partial charge in [-0.25, -0.2) is 0 Å². The third-order valence-corrected chi connectivity index (χ3v) is 12.0. The fraction of sp³-hybridized carbons (Fsp3) is 0.345. The van der Waals surface area contributed by atoms with Gasteiger partial charge in [0, 0.05) is 11.3 Å². The lowest BCUT2D eigenvalue weighted by Crippen LogP contribution is -2.62. The van der Waals surface area contributed by atoms with Crippen molar-refractivity contribution in [3.05, 3.63) is 214 Å². The summed E-state index contributed by atoms with van der Waals surface area (Å²) in [6, 6.07) is 54.1. The zero-order valence-corrected chi connectivity index (χ0v) is 41.2. The van der Waals surface area contributed by atoms with E-state index in [1.54, 1.807) is 31.4 Å². The number of carbonyl (C=O) groups is 2. The van der Waals surface area contributed by atoms with E-state index in [1.165, 1.54) is 6.92 Å². The Hall–Kier alpha value is -6.91. The quantitative estimate of drug-likeness (QED) is 0.0181. The van der Waals surface area contributed by atoms with Crippen LogP contribution in [0.1, 0.15) is 47.6 Å². The van der Waals surface area contributed by atoms with Crippen molar-refractivity contribution in [3.63, 3.8) is 0 Å². The maximum atomic E-state index is 13.2. The number of ketones is 1. The zero-order valence-electron chi connectivity index (χ0n) is 41.2. The van der Waals surface area contributed by atoms with Crippen LogP contribution in [0.15, 0.2) is 181 Å². The van der Waals surface area contributed by atoms with Crippen molar-refractivity contribution in [2.24, 2.45) is 5.11 Å². The molecule has 1 heterocycles. The largest absolute Gasteiger partial charge is 0.497 e. The lowest BCUT2D eigenvalue weighted by Gasteiger charge is -2.46. The highest BCUT2D eigenvalue weighted by Crippen LogP contribution is 2.33. The Morgan fingerprint density at radius 3 is 1.60 bits per heavy atom. The number of carbonyl (C=O) groups excluding carboxylic acids is 2. The smallest absolute Gasteiger partial charge is 0.306 e. The van der Waals surface area contributed by atoms with Crippen LogP contribution < -0.4 is 9.47 Å². The number of methoxy groups -OCH3 is 1. The highest BCUT2D eigenvalue weighted by atomic mass is 16.7. The van der Waals surface area contributed by atoms with Crippen LogP contribution in [-0.2, 0) is 80.5 Å². The molecule has 6 aromatic rings. The van der Waals surface area contributed by atoms with Crippen molar-refractivity contribution in [3.8, 4) is 11.5 Å². The molecule has 1 saturated heterocycles. The zero-order chi connectivity index (χ0) is 50.9. The molecule has 1 aliphatic rings. The summed E-state index contributed by atoms with van der Waals surface area (Å²) in [6.45, 7) is 1.76. The third-order valence-electron chi connectivity index (χ3n) is 12.0. The Balaban J connectivity index is 1.29. The van der Waals surface area contributed by atoms with E-state index in [0.29, 0.717) is 11.5 Å². The first-order valence-corrected chi connectivity index (χ1v) is 24.4. The van der Waals surface area contributed by atoms with E-state index < -0.39 is 54.9 Å². The first-order valence-electron chi connectivity index (χ1n) is 24.4. The third kappa shape index (κ3) is 17.7. The summed E-state index contributed by atoms with van der Waals surface area (Å²) >= 11 is 0. The number of nitrogens with zero attached hydrogens (tertiary/aromatic N) is 3. The lowest BCUT2D eigenvalue weighted by molar-refractivity contribution is -0.309. The molecule has 0 aliphatic carbocycles. The molecule has 0 saturated carbocycles. The Kier molecular flexibility index (Phi) is 21.8. The molecule has 8 atom stereocenters. The van der Waals surface area contributed by atoms with Crippen LogP contribution in [0, 0.1) is 0 Å². The van der Waals surface area contributed by atoms with Gasteiger partial charge in [0.25, 0.3) is 0 Å². The molecule has 3 unspecified atom stereocenters.